The van der Waals surface area contributed by atoms with Crippen molar-refractivity contribution in [3.63, 3.8) is 0 Å². The zero-order valence-electron chi connectivity index (χ0n) is 16.8. The number of benzene rings is 1. The first-order valence-corrected chi connectivity index (χ1v) is 10.4. The van der Waals surface area contributed by atoms with Crippen molar-refractivity contribution in [3.05, 3.63) is 28.8 Å². The maximum atomic E-state index is 13.2. The van der Waals surface area contributed by atoms with Crippen LogP contribution in [0.4, 0.5) is 18.9 Å². The Morgan fingerprint density at radius 1 is 1.10 bits per heavy atom. The topological polar surface area (TPSA) is 55.9 Å². The molecule has 0 spiro atoms. The first-order chi connectivity index (χ1) is 14.1. The number of piperazine rings is 1. The number of carbonyl (C=O) groups excluding carboxylic acids is 2. The summed E-state index contributed by atoms with van der Waals surface area (Å²) in [6.07, 6.45) is -2.52. The number of amides is 2. The van der Waals surface area contributed by atoms with Crippen molar-refractivity contribution in [3.8, 4) is 0 Å². The molecule has 2 amide bonds. The molecule has 0 bridgehead atoms. The number of halogens is 4. The number of likely N-dealkylation sites (tertiary alicyclic amines) is 1. The van der Waals surface area contributed by atoms with Gasteiger partial charge in [0.05, 0.1) is 23.8 Å². The fourth-order valence-electron chi connectivity index (χ4n) is 3.83. The number of alkyl halides is 3. The monoisotopic (exact) mass is 446 g/mol. The van der Waals surface area contributed by atoms with Crippen molar-refractivity contribution in [2.75, 3.05) is 51.1 Å². The third-order valence-electron chi connectivity index (χ3n) is 5.70. The second kappa shape index (κ2) is 9.53. The van der Waals surface area contributed by atoms with Crippen LogP contribution in [0.15, 0.2) is 18.2 Å². The van der Waals surface area contributed by atoms with E-state index in [0.29, 0.717) is 32.7 Å². The van der Waals surface area contributed by atoms with E-state index in [2.05, 4.69) is 10.2 Å². The predicted octanol–water partition coefficient (Wildman–Crippen LogP) is 2.93. The van der Waals surface area contributed by atoms with Gasteiger partial charge in [0.25, 0.3) is 0 Å². The minimum Gasteiger partial charge on any atom is -0.342 e. The molecule has 2 fully saturated rings. The molecule has 2 saturated heterocycles. The SMILES string of the molecule is C[C@H](C(=O)Nc1ccc(Cl)cc1C(F)(F)F)N1CCN(CC(=O)N2CCCC2)CC1. The minimum absolute atomic E-state index is 0.0482. The highest BCUT2D eigenvalue weighted by Crippen LogP contribution is 2.36. The summed E-state index contributed by atoms with van der Waals surface area (Å²) in [5, 5.41) is 2.34. The van der Waals surface area contributed by atoms with Crippen LogP contribution < -0.4 is 5.32 Å². The van der Waals surface area contributed by atoms with Crippen molar-refractivity contribution in [2.45, 2.75) is 32.0 Å². The highest BCUT2D eigenvalue weighted by atomic mass is 35.5. The van der Waals surface area contributed by atoms with Crippen molar-refractivity contribution in [1.82, 2.24) is 14.7 Å². The Morgan fingerprint density at radius 2 is 1.73 bits per heavy atom. The largest absolute Gasteiger partial charge is 0.418 e. The summed E-state index contributed by atoms with van der Waals surface area (Å²) in [6, 6.07) is 2.68. The van der Waals surface area contributed by atoms with Crippen LogP contribution in [0.2, 0.25) is 5.02 Å². The van der Waals surface area contributed by atoms with E-state index >= 15 is 0 Å². The molecule has 1 atom stereocenters. The fourth-order valence-corrected chi connectivity index (χ4v) is 4.00. The smallest absolute Gasteiger partial charge is 0.342 e. The van der Waals surface area contributed by atoms with Gasteiger partial charge in [-0.1, -0.05) is 11.6 Å². The van der Waals surface area contributed by atoms with Crippen LogP contribution in [0.3, 0.4) is 0 Å². The molecule has 1 aromatic carbocycles. The van der Waals surface area contributed by atoms with E-state index in [-0.39, 0.29) is 16.6 Å². The third-order valence-corrected chi connectivity index (χ3v) is 5.93. The summed E-state index contributed by atoms with van der Waals surface area (Å²) in [4.78, 5) is 30.7. The zero-order valence-corrected chi connectivity index (χ0v) is 17.6. The van der Waals surface area contributed by atoms with Crippen LogP contribution in [0, 0.1) is 0 Å². The Kier molecular flexibility index (Phi) is 7.26. The van der Waals surface area contributed by atoms with Crippen LogP contribution >= 0.6 is 11.6 Å². The molecular weight excluding hydrogens is 421 g/mol. The van der Waals surface area contributed by atoms with Crippen molar-refractivity contribution < 1.29 is 22.8 Å². The summed E-state index contributed by atoms with van der Waals surface area (Å²) in [7, 11) is 0. The van der Waals surface area contributed by atoms with Gasteiger partial charge in [-0.25, -0.2) is 0 Å². The van der Waals surface area contributed by atoms with Crippen LogP contribution in [0.1, 0.15) is 25.3 Å². The number of hydrogen-bond donors (Lipinski definition) is 1. The van der Waals surface area contributed by atoms with Crippen molar-refractivity contribution in [2.24, 2.45) is 0 Å². The lowest BCUT2D eigenvalue weighted by Crippen LogP contribution is -2.54. The maximum Gasteiger partial charge on any atom is 0.418 e. The summed E-state index contributed by atoms with van der Waals surface area (Å²) >= 11 is 5.68. The fraction of sp³-hybridized carbons (Fsp3) is 0.600. The minimum atomic E-state index is -4.62. The molecule has 166 valence electrons. The molecule has 0 aliphatic carbocycles. The molecule has 10 heteroatoms. The van der Waals surface area contributed by atoms with E-state index in [0.717, 1.165) is 38.1 Å². The average molecular weight is 447 g/mol. The first-order valence-electron chi connectivity index (χ1n) is 10.1. The highest BCUT2D eigenvalue weighted by molar-refractivity contribution is 6.30. The van der Waals surface area contributed by atoms with Gasteiger partial charge < -0.3 is 10.2 Å². The number of anilines is 1. The number of nitrogens with zero attached hydrogens (tertiary/aromatic N) is 3. The molecular formula is C20H26ClF3N4O2. The molecule has 2 aliphatic heterocycles. The van der Waals surface area contributed by atoms with Gasteiger partial charge in [0.2, 0.25) is 11.8 Å². The van der Waals surface area contributed by atoms with Crippen molar-refractivity contribution in [1.29, 1.82) is 0 Å². The standard InChI is InChI=1S/C20H26ClF3N4O2/c1-14(19(30)25-17-5-4-15(21)12-16(17)20(22,23)24)27-10-8-26(9-11-27)13-18(29)28-6-2-3-7-28/h4-5,12,14H,2-3,6-11,13H2,1H3,(H,25,30)/t14-/m1/s1. The van der Waals surface area contributed by atoms with Crippen LogP contribution in [-0.4, -0.2) is 78.4 Å². The second-order valence-corrected chi connectivity index (χ2v) is 8.19. The number of carbonyl (C=O) groups is 2. The molecule has 3 rings (SSSR count). The Morgan fingerprint density at radius 3 is 2.33 bits per heavy atom. The molecule has 0 unspecified atom stereocenters. The average Bonchev–Trinajstić information content (AvgIpc) is 3.23. The Bertz CT molecular complexity index is 776. The molecule has 0 saturated carbocycles. The van der Waals surface area contributed by atoms with Gasteiger partial charge in [-0.15, -0.1) is 0 Å². The Labute approximate surface area is 178 Å². The summed E-state index contributed by atoms with van der Waals surface area (Å²) < 4.78 is 39.7. The molecule has 2 heterocycles. The summed E-state index contributed by atoms with van der Waals surface area (Å²) in [6.45, 7) is 6.07. The van der Waals surface area contributed by atoms with Gasteiger partial charge in [0, 0.05) is 44.3 Å². The molecule has 0 aromatic heterocycles. The number of rotatable bonds is 5. The predicted molar refractivity (Wildman–Crippen MR) is 108 cm³/mol. The van der Waals surface area contributed by atoms with Gasteiger partial charge in [-0.2, -0.15) is 13.2 Å². The normalized spacial score (nSPS) is 19.7. The van der Waals surface area contributed by atoms with Crippen LogP contribution in [-0.2, 0) is 15.8 Å². The van der Waals surface area contributed by atoms with Crippen LogP contribution in [0.5, 0.6) is 0 Å². The van der Waals surface area contributed by atoms with Gasteiger partial charge >= 0.3 is 6.18 Å². The summed E-state index contributed by atoms with van der Waals surface area (Å²) in [5.41, 5.74) is -1.28. The van der Waals surface area contributed by atoms with E-state index in [1.54, 1.807) is 6.92 Å². The summed E-state index contributed by atoms with van der Waals surface area (Å²) in [5.74, 6) is -0.376. The number of hydrogen-bond acceptors (Lipinski definition) is 4. The van der Waals surface area contributed by atoms with Gasteiger partial charge in [0.1, 0.15) is 0 Å². The van der Waals surface area contributed by atoms with Gasteiger partial charge in [0.15, 0.2) is 0 Å². The highest BCUT2D eigenvalue weighted by Gasteiger charge is 2.35. The van der Waals surface area contributed by atoms with Gasteiger partial charge in [-0.05, 0) is 38.0 Å². The van der Waals surface area contributed by atoms with Gasteiger partial charge in [-0.3, -0.25) is 19.4 Å². The lowest BCUT2D eigenvalue weighted by Gasteiger charge is -2.37. The lowest BCUT2D eigenvalue weighted by molar-refractivity contribution is -0.137. The van der Waals surface area contributed by atoms with E-state index < -0.39 is 23.7 Å². The molecule has 30 heavy (non-hydrogen) atoms. The third kappa shape index (κ3) is 5.65. The quantitative estimate of drug-likeness (QED) is 0.755. The zero-order chi connectivity index (χ0) is 21.9. The van der Waals surface area contributed by atoms with E-state index in [1.807, 2.05) is 9.80 Å². The Balaban J connectivity index is 1.53. The van der Waals surface area contributed by atoms with E-state index in [1.165, 1.54) is 6.07 Å². The van der Waals surface area contributed by atoms with Crippen LogP contribution in [0.25, 0.3) is 0 Å². The first kappa shape index (κ1) is 22.8. The second-order valence-electron chi connectivity index (χ2n) is 7.75. The lowest BCUT2D eigenvalue weighted by atomic mass is 10.1. The maximum absolute atomic E-state index is 13.2. The molecule has 0 radical (unpaired) electrons. The van der Waals surface area contributed by atoms with E-state index in [4.69, 9.17) is 11.6 Å². The number of nitrogens with one attached hydrogen (secondary N) is 1. The molecule has 2 aliphatic rings. The van der Waals surface area contributed by atoms with Crippen molar-refractivity contribution >= 4 is 29.1 Å². The molecule has 6 nitrogen and oxygen atoms in total. The van der Waals surface area contributed by atoms with E-state index in [9.17, 15) is 22.8 Å². The Hall–Kier alpha value is -1.84. The molecule has 1 aromatic rings. The molecule has 1 N–H and O–H groups in total.